The van der Waals surface area contributed by atoms with E-state index in [1.165, 1.54) is 22.8 Å². The molecule has 0 amide bonds. The van der Waals surface area contributed by atoms with Gasteiger partial charge < -0.3 is 19.9 Å². The summed E-state index contributed by atoms with van der Waals surface area (Å²) in [5, 5.41) is 12.6. The number of aromatic nitrogens is 2. The van der Waals surface area contributed by atoms with Gasteiger partial charge in [0.25, 0.3) is 0 Å². The lowest BCUT2D eigenvalue weighted by molar-refractivity contribution is 0.0695. The van der Waals surface area contributed by atoms with Crippen LogP contribution in [-0.2, 0) is 0 Å². The van der Waals surface area contributed by atoms with Crippen LogP contribution >= 0.6 is 12.4 Å². The van der Waals surface area contributed by atoms with Gasteiger partial charge in [-0.3, -0.25) is 4.79 Å². The molecule has 1 atom stereocenters. The van der Waals surface area contributed by atoms with E-state index < -0.39 is 28.6 Å². The number of halogens is 3. The SMILES string of the molecule is CC1CN(c2cc3c(cc2F)c(=O)c(C(=O)O)cn3-c2ccc(F)cn2)CCN1.Cl. The standard InChI is InChI=1S/C20H18F2N4O3.ClH/c1-11-9-25(5-4-23-11)17-7-16-13(6-15(17)22)19(27)14(20(28)29)10-26(16)18-3-2-12(21)8-24-18;/h2-3,6-8,10-11,23H,4-5,9H2,1H3,(H,28,29);1H. The summed E-state index contributed by atoms with van der Waals surface area (Å²) in [6, 6.07) is 5.28. The summed E-state index contributed by atoms with van der Waals surface area (Å²) in [4.78, 5) is 30.0. The molecule has 4 rings (SSSR count). The first-order valence-corrected chi connectivity index (χ1v) is 9.07. The summed E-state index contributed by atoms with van der Waals surface area (Å²) in [7, 11) is 0. The number of carboxylic acids is 1. The fourth-order valence-corrected chi connectivity index (χ4v) is 3.58. The minimum Gasteiger partial charge on any atom is -0.477 e. The van der Waals surface area contributed by atoms with Gasteiger partial charge in [-0.25, -0.2) is 18.6 Å². The van der Waals surface area contributed by atoms with Crippen molar-refractivity contribution in [2.45, 2.75) is 13.0 Å². The van der Waals surface area contributed by atoms with Crippen molar-refractivity contribution in [3.8, 4) is 5.82 Å². The normalized spacial score (nSPS) is 16.4. The lowest BCUT2D eigenvalue weighted by Gasteiger charge is -2.34. The van der Waals surface area contributed by atoms with Crippen LogP contribution in [0.25, 0.3) is 16.7 Å². The molecule has 2 aromatic heterocycles. The molecular formula is C20H19ClF2N4O3. The molecule has 1 aliphatic rings. The van der Waals surface area contributed by atoms with Crippen molar-refractivity contribution in [3.05, 3.63) is 64.1 Å². The Balaban J connectivity index is 0.00000256. The molecule has 0 radical (unpaired) electrons. The number of carbonyl (C=O) groups is 1. The average molecular weight is 437 g/mol. The summed E-state index contributed by atoms with van der Waals surface area (Å²) in [6.07, 6.45) is 2.12. The van der Waals surface area contributed by atoms with Crippen LogP contribution in [-0.4, -0.2) is 46.3 Å². The second kappa shape index (κ2) is 8.37. The van der Waals surface area contributed by atoms with Crippen LogP contribution in [0.4, 0.5) is 14.5 Å². The van der Waals surface area contributed by atoms with Gasteiger partial charge >= 0.3 is 5.97 Å². The number of carboxylic acid groups (broad SMARTS) is 1. The molecule has 10 heteroatoms. The number of anilines is 1. The highest BCUT2D eigenvalue weighted by Crippen LogP contribution is 2.27. The molecule has 3 aromatic rings. The molecule has 30 heavy (non-hydrogen) atoms. The molecule has 0 bridgehead atoms. The van der Waals surface area contributed by atoms with Crippen LogP contribution in [0.5, 0.6) is 0 Å². The van der Waals surface area contributed by atoms with Crippen molar-refractivity contribution in [2.75, 3.05) is 24.5 Å². The number of nitrogens with zero attached hydrogens (tertiary/aromatic N) is 3. The van der Waals surface area contributed by atoms with Crippen molar-refractivity contribution in [3.63, 3.8) is 0 Å². The summed E-state index contributed by atoms with van der Waals surface area (Å²) >= 11 is 0. The number of nitrogens with one attached hydrogen (secondary N) is 1. The van der Waals surface area contributed by atoms with E-state index in [2.05, 4.69) is 10.3 Å². The predicted octanol–water partition coefficient (Wildman–Crippen LogP) is 2.58. The molecule has 0 saturated carbocycles. The van der Waals surface area contributed by atoms with Gasteiger partial charge in [-0.2, -0.15) is 0 Å². The number of pyridine rings is 2. The maximum atomic E-state index is 14.9. The molecule has 0 spiro atoms. The van der Waals surface area contributed by atoms with E-state index in [0.29, 0.717) is 30.8 Å². The summed E-state index contributed by atoms with van der Waals surface area (Å²) in [6.45, 7) is 3.83. The van der Waals surface area contributed by atoms with Crippen molar-refractivity contribution < 1.29 is 18.7 Å². The number of rotatable bonds is 3. The summed E-state index contributed by atoms with van der Waals surface area (Å²) < 4.78 is 29.6. The Hall–Kier alpha value is -3.04. The van der Waals surface area contributed by atoms with Crippen LogP contribution in [0.1, 0.15) is 17.3 Å². The van der Waals surface area contributed by atoms with Gasteiger partial charge in [0.05, 0.1) is 22.8 Å². The minimum atomic E-state index is -1.44. The second-order valence-corrected chi connectivity index (χ2v) is 7.00. The number of piperazine rings is 1. The average Bonchev–Trinajstić information content (AvgIpc) is 2.69. The first kappa shape index (κ1) is 21.7. The molecule has 158 valence electrons. The van der Waals surface area contributed by atoms with Crippen LogP contribution < -0.4 is 15.6 Å². The molecule has 7 nitrogen and oxygen atoms in total. The van der Waals surface area contributed by atoms with E-state index >= 15 is 0 Å². The zero-order chi connectivity index (χ0) is 20.7. The largest absolute Gasteiger partial charge is 0.477 e. The quantitative estimate of drug-likeness (QED) is 0.656. The zero-order valence-electron chi connectivity index (χ0n) is 15.9. The lowest BCUT2D eigenvalue weighted by Crippen LogP contribution is -2.49. The molecule has 1 aromatic carbocycles. The van der Waals surface area contributed by atoms with E-state index in [1.807, 2.05) is 11.8 Å². The zero-order valence-corrected chi connectivity index (χ0v) is 16.7. The third-order valence-electron chi connectivity index (χ3n) is 4.97. The van der Waals surface area contributed by atoms with E-state index in [0.717, 1.165) is 18.5 Å². The van der Waals surface area contributed by atoms with Gasteiger partial charge in [-0.05, 0) is 31.2 Å². The van der Waals surface area contributed by atoms with Crippen LogP contribution in [0.2, 0.25) is 0 Å². The van der Waals surface area contributed by atoms with Gasteiger partial charge in [-0.15, -0.1) is 12.4 Å². The van der Waals surface area contributed by atoms with Crippen LogP contribution in [0, 0.1) is 11.6 Å². The topological polar surface area (TPSA) is 87.5 Å². The number of hydrogen-bond acceptors (Lipinski definition) is 5. The van der Waals surface area contributed by atoms with Crippen molar-refractivity contribution in [2.24, 2.45) is 0 Å². The number of fused-ring (bicyclic) bond motifs is 1. The number of hydrogen-bond donors (Lipinski definition) is 2. The summed E-state index contributed by atoms with van der Waals surface area (Å²) in [5.41, 5.74) is -0.706. The third kappa shape index (κ3) is 3.86. The molecule has 1 unspecified atom stereocenters. The van der Waals surface area contributed by atoms with Crippen LogP contribution in [0.15, 0.2) is 41.5 Å². The Morgan fingerprint density at radius 3 is 2.70 bits per heavy atom. The number of benzene rings is 1. The lowest BCUT2D eigenvalue weighted by atomic mass is 10.1. The van der Waals surface area contributed by atoms with Gasteiger partial charge in [0, 0.05) is 31.9 Å². The summed E-state index contributed by atoms with van der Waals surface area (Å²) in [5.74, 6) is -2.39. The van der Waals surface area contributed by atoms with E-state index in [1.54, 1.807) is 0 Å². The Kier molecular flexibility index (Phi) is 6.04. The smallest absolute Gasteiger partial charge is 0.341 e. The van der Waals surface area contributed by atoms with Crippen LogP contribution in [0.3, 0.4) is 0 Å². The maximum absolute atomic E-state index is 14.9. The highest BCUT2D eigenvalue weighted by atomic mass is 35.5. The molecule has 1 fully saturated rings. The Bertz CT molecular complexity index is 1170. The van der Waals surface area contributed by atoms with Crippen molar-refractivity contribution in [1.29, 1.82) is 0 Å². The minimum absolute atomic E-state index is 0. The Morgan fingerprint density at radius 2 is 2.07 bits per heavy atom. The highest BCUT2D eigenvalue weighted by Gasteiger charge is 2.22. The maximum Gasteiger partial charge on any atom is 0.341 e. The molecule has 1 aliphatic heterocycles. The highest BCUT2D eigenvalue weighted by molar-refractivity contribution is 5.94. The third-order valence-corrected chi connectivity index (χ3v) is 4.97. The molecule has 2 N–H and O–H groups in total. The van der Waals surface area contributed by atoms with E-state index in [9.17, 15) is 23.5 Å². The fraction of sp³-hybridized carbons (Fsp3) is 0.250. The first-order valence-electron chi connectivity index (χ1n) is 9.07. The Labute approximate surface area is 176 Å². The first-order chi connectivity index (χ1) is 13.8. The molecular weight excluding hydrogens is 418 g/mol. The van der Waals surface area contributed by atoms with Gasteiger partial charge in [0.15, 0.2) is 0 Å². The van der Waals surface area contributed by atoms with E-state index in [-0.39, 0.29) is 29.7 Å². The van der Waals surface area contributed by atoms with Gasteiger partial charge in [0.1, 0.15) is 23.0 Å². The molecule has 0 aliphatic carbocycles. The molecule has 3 heterocycles. The fourth-order valence-electron chi connectivity index (χ4n) is 3.58. The monoisotopic (exact) mass is 436 g/mol. The van der Waals surface area contributed by atoms with Crippen molar-refractivity contribution in [1.82, 2.24) is 14.9 Å². The predicted molar refractivity (Wildman–Crippen MR) is 111 cm³/mol. The second-order valence-electron chi connectivity index (χ2n) is 7.00. The van der Waals surface area contributed by atoms with Crippen molar-refractivity contribution >= 4 is 35.0 Å². The van der Waals surface area contributed by atoms with Gasteiger partial charge in [-0.1, -0.05) is 0 Å². The Morgan fingerprint density at radius 1 is 1.30 bits per heavy atom. The molecule has 1 saturated heterocycles. The van der Waals surface area contributed by atoms with Gasteiger partial charge in [0.2, 0.25) is 5.43 Å². The van der Waals surface area contributed by atoms with E-state index in [4.69, 9.17) is 0 Å². The number of aromatic carboxylic acids is 1.